The summed E-state index contributed by atoms with van der Waals surface area (Å²) in [7, 11) is 0. The lowest BCUT2D eigenvalue weighted by Gasteiger charge is -2.37. The third kappa shape index (κ3) is 4.07. The van der Waals surface area contributed by atoms with Gasteiger partial charge in [-0.25, -0.2) is 10.4 Å². The Kier molecular flexibility index (Phi) is 5.94. The molecular formula is C19H20Cl3N5O. The quantitative estimate of drug-likeness (QED) is 0.768. The number of carbonyl (C=O) groups excluding carboxylic acids is 1. The molecule has 1 aromatic heterocycles. The van der Waals surface area contributed by atoms with E-state index in [0.29, 0.717) is 53.6 Å². The summed E-state index contributed by atoms with van der Waals surface area (Å²) in [5, 5.41) is 1.72. The van der Waals surface area contributed by atoms with Gasteiger partial charge >= 0.3 is 0 Å². The van der Waals surface area contributed by atoms with E-state index in [1.54, 1.807) is 12.3 Å². The molecule has 0 bridgehead atoms. The SMILES string of the molecule is O=C(C1CNNC1c1ccc(Cl)cc1)N1CCN(c2ncc(Cl)cc2Cl)CC1. The molecule has 0 radical (unpaired) electrons. The number of halogens is 3. The highest BCUT2D eigenvalue weighted by Crippen LogP contribution is 2.30. The highest BCUT2D eigenvalue weighted by atomic mass is 35.5. The molecule has 0 aliphatic carbocycles. The van der Waals surface area contributed by atoms with Crippen molar-refractivity contribution in [3.63, 3.8) is 0 Å². The molecule has 2 aliphatic rings. The van der Waals surface area contributed by atoms with Gasteiger partial charge in [0.25, 0.3) is 0 Å². The highest BCUT2D eigenvalue weighted by molar-refractivity contribution is 6.36. The van der Waals surface area contributed by atoms with Crippen LogP contribution >= 0.6 is 34.8 Å². The van der Waals surface area contributed by atoms with Crippen molar-refractivity contribution >= 4 is 46.5 Å². The van der Waals surface area contributed by atoms with Crippen LogP contribution in [0.15, 0.2) is 36.5 Å². The fraction of sp³-hybridized carbons (Fsp3) is 0.368. The smallest absolute Gasteiger partial charge is 0.229 e. The number of rotatable bonds is 3. The number of hydrogen-bond acceptors (Lipinski definition) is 5. The van der Waals surface area contributed by atoms with Gasteiger partial charge in [-0.2, -0.15) is 0 Å². The monoisotopic (exact) mass is 439 g/mol. The van der Waals surface area contributed by atoms with Gasteiger partial charge in [-0.1, -0.05) is 46.9 Å². The second-order valence-electron chi connectivity index (χ2n) is 6.93. The van der Waals surface area contributed by atoms with Crippen molar-refractivity contribution in [3.8, 4) is 0 Å². The van der Waals surface area contributed by atoms with Gasteiger partial charge in [0.1, 0.15) is 5.82 Å². The van der Waals surface area contributed by atoms with Crippen LogP contribution in [0.4, 0.5) is 5.82 Å². The Morgan fingerprint density at radius 3 is 2.43 bits per heavy atom. The molecule has 2 atom stereocenters. The van der Waals surface area contributed by atoms with E-state index < -0.39 is 0 Å². The number of pyridine rings is 1. The van der Waals surface area contributed by atoms with E-state index in [1.165, 1.54) is 0 Å². The Bertz CT molecular complexity index is 855. The first kappa shape index (κ1) is 19.7. The molecule has 9 heteroatoms. The van der Waals surface area contributed by atoms with Gasteiger partial charge in [0.15, 0.2) is 0 Å². The number of benzene rings is 1. The molecule has 1 aromatic carbocycles. The zero-order valence-electron chi connectivity index (χ0n) is 15.0. The first-order valence-electron chi connectivity index (χ1n) is 9.11. The van der Waals surface area contributed by atoms with Gasteiger partial charge in [-0.05, 0) is 23.8 Å². The van der Waals surface area contributed by atoms with Gasteiger partial charge < -0.3 is 9.80 Å². The van der Waals surface area contributed by atoms with Crippen molar-refractivity contribution in [1.82, 2.24) is 20.7 Å². The van der Waals surface area contributed by atoms with E-state index in [-0.39, 0.29) is 17.9 Å². The Morgan fingerprint density at radius 2 is 1.75 bits per heavy atom. The third-order valence-electron chi connectivity index (χ3n) is 5.21. The second-order valence-corrected chi connectivity index (χ2v) is 8.21. The molecule has 4 rings (SSSR count). The van der Waals surface area contributed by atoms with E-state index in [2.05, 4.69) is 20.7 Å². The first-order chi connectivity index (χ1) is 13.5. The minimum atomic E-state index is -0.162. The summed E-state index contributed by atoms with van der Waals surface area (Å²) in [6.07, 6.45) is 1.59. The fourth-order valence-electron chi connectivity index (χ4n) is 3.73. The zero-order valence-corrected chi connectivity index (χ0v) is 17.3. The van der Waals surface area contributed by atoms with Crippen molar-refractivity contribution in [3.05, 3.63) is 57.2 Å². The van der Waals surface area contributed by atoms with Crippen LogP contribution < -0.4 is 15.8 Å². The topological polar surface area (TPSA) is 60.5 Å². The number of nitrogens with zero attached hydrogens (tertiary/aromatic N) is 3. The van der Waals surface area contributed by atoms with Gasteiger partial charge in [0.05, 0.1) is 22.0 Å². The van der Waals surface area contributed by atoms with Crippen LogP contribution in [0.5, 0.6) is 0 Å². The molecule has 1 amide bonds. The molecule has 3 heterocycles. The number of hydrazine groups is 1. The van der Waals surface area contributed by atoms with Crippen LogP contribution in [-0.4, -0.2) is 48.5 Å². The standard InChI is InChI=1S/C19H20Cl3N5O/c20-13-3-1-12(2-4-13)17-15(11-24-25-17)19(28)27-7-5-26(6-8-27)18-16(22)9-14(21)10-23-18/h1-4,9-10,15,17,24-25H,5-8,11H2. The zero-order chi connectivity index (χ0) is 19.7. The van der Waals surface area contributed by atoms with Gasteiger partial charge in [-0.15, -0.1) is 0 Å². The summed E-state index contributed by atoms with van der Waals surface area (Å²) in [5.74, 6) is 0.693. The Balaban J connectivity index is 1.41. The molecule has 2 saturated heterocycles. The summed E-state index contributed by atoms with van der Waals surface area (Å²) in [5.41, 5.74) is 7.39. The van der Waals surface area contributed by atoms with E-state index >= 15 is 0 Å². The maximum atomic E-state index is 13.1. The lowest BCUT2D eigenvalue weighted by molar-refractivity contribution is -0.135. The lowest BCUT2D eigenvalue weighted by atomic mass is 9.93. The van der Waals surface area contributed by atoms with Crippen LogP contribution in [-0.2, 0) is 4.79 Å². The molecule has 2 aliphatic heterocycles. The number of aromatic nitrogens is 1. The molecule has 6 nitrogen and oxygen atoms in total. The van der Waals surface area contributed by atoms with Crippen molar-refractivity contribution in [2.24, 2.45) is 5.92 Å². The van der Waals surface area contributed by atoms with E-state index in [4.69, 9.17) is 34.8 Å². The van der Waals surface area contributed by atoms with Crippen LogP contribution in [0, 0.1) is 5.92 Å². The van der Waals surface area contributed by atoms with Crippen LogP contribution in [0.2, 0.25) is 15.1 Å². The van der Waals surface area contributed by atoms with Crippen molar-refractivity contribution in [2.75, 3.05) is 37.6 Å². The summed E-state index contributed by atoms with van der Waals surface area (Å²) in [6.45, 7) is 3.21. The Morgan fingerprint density at radius 1 is 1.04 bits per heavy atom. The summed E-state index contributed by atoms with van der Waals surface area (Å²) >= 11 is 18.2. The van der Waals surface area contributed by atoms with Gasteiger partial charge in [-0.3, -0.25) is 10.2 Å². The third-order valence-corrected chi connectivity index (χ3v) is 5.94. The molecular weight excluding hydrogens is 421 g/mol. The predicted octanol–water partition coefficient (Wildman–Crippen LogP) is 3.16. The molecule has 2 fully saturated rings. The normalized spacial score (nSPS) is 22.5. The van der Waals surface area contributed by atoms with Crippen molar-refractivity contribution in [2.45, 2.75) is 6.04 Å². The number of nitrogens with one attached hydrogen (secondary N) is 2. The number of piperazine rings is 1. The van der Waals surface area contributed by atoms with Crippen molar-refractivity contribution < 1.29 is 4.79 Å². The average molecular weight is 441 g/mol. The van der Waals surface area contributed by atoms with E-state index in [0.717, 1.165) is 5.56 Å². The van der Waals surface area contributed by atoms with E-state index in [1.807, 2.05) is 29.2 Å². The van der Waals surface area contributed by atoms with Gasteiger partial charge in [0.2, 0.25) is 5.91 Å². The average Bonchev–Trinajstić information content (AvgIpc) is 3.18. The van der Waals surface area contributed by atoms with Crippen LogP contribution in [0.3, 0.4) is 0 Å². The molecule has 2 unspecified atom stereocenters. The first-order valence-corrected chi connectivity index (χ1v) is 10.2. The number of hydrogen-bond donors (Lipinski definition) is 2. The minimum absolute atomic E-state index is 0.0739. The fourth-order valence-corrected chi connectivity index (χ4v) is 4.35. The van der Waals surface area contributed by atoms with Crippen molar-refractivity contribution in [1.29, 1.82) is 0 Å². The molecule has 2 aromatic rings. The molecule has 0 saturated carbocycles. The lowest BCUT2D eigenvalue weighted by Crippen LogP contribution is -2.51. The highest BCUT2D eigenvalue weighted by Gasteiger charge is 2.37. The number of carbonyl (C=O) groups is 1. The number of anilines is 1. The second kappa shape index (κ2) is 8.43. The summed E-state index contributed by atoms with van der Waals surface area (Å²) < 4.78 is 0. The predicted molar refractivity (Wildman–Crippen MR) is 112 cm³/mol. The minimum Gasteiger partial charge on any atom is -0.352 e. The summed E-state index contributed by atoms with van der Waals surface area (Å²) in [4.78, 5) is 21.5. The maximum absolute atomic E-state index is 13.1. The largest absolute Gasteiger partial charge is 0.352 e. The Hall–Kier alpha value is -1.57. The van der Waals surface area contributed by atoms with E-state index in [9.17, 15) is 4.79 Å². The van der Waals surface area contributed by atoms with Gasteiger partial charge in [0, 0.05) is 43.9 Å². The maximum Gasteiger partial charge on any atom is 0.229 e. The summed E-state index contributed by atoms with van der Waals surface area (Å²) in [6, 6.07) is 9.23. The van der Waals surface area contributed by atoms with Crippen LogP contribution in [0.25, 0.3) is 0 Å². The molecule has 148 valence electrons. The van der Waals surface area contributed by atoms with Crippen LogP contribution in [0.1, 0.15) is 11.6 Å². The molecule has 0 spiro atoms. The molecule has 28 heavy (non-hydrogen) atoms. The Labute approximate surface area is 178 Å². The number of amides is 1. The molecule has 2 N–H and O–H groups in total.